The summed E-state index contributed by atoms with van der Waals surface area (Å²) in [6.07, 6.45) is 5.91. The largest absolute Gasteiger partial charge is 0.493 e. The molecule has 1 aliphatic heterocycles. The number of rotatable bonds is 8. The Hall–Kier alpha value is -3.55. The highest BCUT2D eigenvalue weighted by atomic mass is 16.5. The number of amides is 3. The summed E-state index contributed by atoms with van der Waals surface area (Å²) in [6, 6.07) is 12.1. The third-order valence-electron chi connectivity index (χ3n) is 5.97. The maximum Gasteiger partial charge on any atom is 0.251 e. The minimum Gasteiger partial charge on any atom is -0.493 e. The molecule has 0 spiro atoms. The number of ether oxygens (including phenoxy) is 2. The van der Waals surface area contributed by atoms with Gasteiger partial charge in [0.25, 0.3) is 5.91 Å². The maximum atomic E-state index is 12.4. The molecule has 1 saturated heterocycles. The summed E-state index contributed by atoms with van der Waals surface area (Å²) >= 11 is 0. The van der Waals surface area contributed by atoms with Gasteiger partial charge in [0.15, 0.2) is 11.5 Å². The molecule has 4 rings (SSSR count). The highest BCUT2D eigenvalue weighted by Crippen LogP contribution is 2.33. The lowest BCUT2D eigenvalue weighted by Gasteiger charge is -2.17. The minimum absolute atomic E-state index is 0.0965. The summed E-state index contributed by atoms with van der Waals surface area (Å²) in [4.78, 5) is 38.4. The van der Waals surface area contributed by atoms with Crippen molar-refractivity contribution in [2.45, 2.75) is 44.6 Å². The van der Waals surface area contributed by atoms with Crippen LogP contribution in [0.2, 0.25) is 0 Å². The van der Waals surface area contributed by atoms with Crippen LogP contribution in [0.25, 0.3) is 0 Å². The number of hydrogen-bond donors (Lipinski definition) is 2. The molecule has 33 heavy (non-hydrogen) atoms. The molecule has 8 nitrogen and oxygen atoms in total. The van der Waals surface area contributed by atoms with E-state index >= 15 is 0 Å². The van der Waals surface area contributed by atoms with Gasteiger partial charge in [0.2, 0.25) is 11.8 Å². The normalized spacial score (nSPS) is 16.0. The van der Waals surface area contributed by atoms with Crippen LogP contribution in [0.1, 0.15) is 48.9 Å². The molecule has 2 fully saturated rings. The monoisotopic (exact) mass is 451 g/mol. The fraction of sp³-hybridized carbons (Fsp3) is 0.400. The standard InChI is InChI=1S/C25H29N3O5/c1-32-21-13-10-18(15-22(21)33-20-5-2-3-6-20)27-23(29)16-26-25(31)17-8-11-19(12-9-17)28-14-4-7-24(28)30/h8-13,15,20H,2-7,14,16H2,1H3,(H,26,31)(H,27,29). The minimum atomic E-state index is -0.357. The van der Waals surface area contributed by atoms with Crippen LogP contribution < -0.4 is 25.0 Å². The quantitative estimate of drug-likeness (QED) is 0.640. The number of benzene rings is 2. The molecule has 2 aromatic rings. The van der Waals surface area contributed by atoms with Gasteiger partial charge in [-0.05, 0) is 68.5 Å². The van der Waals surface area contributed by atoms with Crippen LogP contribution >= 0.6 is 0 Å². The average Bonchev–Trinajstić information content (AvgIpc) is 3.49. The molecule has 0 atom stereocenters. The summed E-state index contributed by atoms with van der Waals surface area (Å²) < 4.78 is 11.4. The van der Waals surface area contributed by atoms with E-state index in [4.69, 9.17) is 9.47 Å². The molecule has 1 heterocycles. The van der Waals surface area contributed by atoms with Gasteiger partial charge in [-0.25, -0.2) is 0 Å². The second kappa shape index (κ2) is 10.4. The van der Waals surface area contributed by atoms with E-state index < -0.39 is 0 Å². The highest BCUT2D eigenvalue weighted by Gasteiger charge is 2.22. The zero-order chi connectivity index (χ0) is 23.2. The second-order valence-corrected chi connectivity index (χ2v) is 8.32. The molecule has 1 aliphatic carbocycles. The lowest BCUT2D eigenvalue weighted by atomic mass is 10.2. The molecule has 2 N–H and O–H groups in total. The highest BCUT2D eigenvalue weighted by molar-refractivity contribution is 6.00. The third kappa shape index (κ3) is 5.63. The zero-order valence-corrected chi connectivity index (χ0v) is 18.8. The molecule has 0 unspecified atom stereocenters. The van der Waals surface area contributed by atoms with Crippen LogP contribution in [-0.4, -0.2) is 44.0 Å². The average molecular weight is 452 g/mol. The van der Waals surface area contributed by atoms with Crippen molar-refractivity contribution < 1.29 is 23.9 Å². The van der Waals surface area contributed by atoms with Crippen molar-refractivity contribution in [2.24, 2.45) is 0 Å². The van der Waals surface area contributed by atoms with Gasteiger partial charge in [-0.1, -0.05) is 0 Å². The topological polar surface area (TPSA) is 97.0 Å². The molecule has 0 radical (unpaired) electrons. The molecule has 0 aromatic heterocycles. The third-order valence-corrected chi connectivity index (χ3v) is 5.97. The van der Waals surface area contributed by atoms with Crippen molar-refractivity contribution in [3.8, 4) is 11.5 Å². The SMILES string of the molecule is COc1ccc(NC(=O)CNC(=O)c2ccc(N3CCCC3=O)cc2)cc1OC1CCCC1. The molecule has 8 heteroatoms. The summed E-state index contributed by atoms with van der Waals surface area (Å²) in [7, 11) is 1.58. The van der Waals surface area contributed by atoms with Gasteiger partial charge in [0.05, 0.1) is 19.8 Å². The van der Waals surface area contributed by atoms with E-state index in [9.17, 15) is 14.4 Å². The van der Waals surface area contributed by atoms with Crippen molar-refractivity contribution >= 4 is 29.1 Å². The first kappa shape index (κ1) is 22.6. The van der Waals surface area contributed by atoms with E-state index in [0.717, 1.165) is 37.8 Å². The molecule has 2 aromatic carbocycles. The Morgan fingerprint density at radius 3 is 2.45 bits per heavy atom. The van der Waals surface area contributed by atoms with Crippen molar-refractivity contribution in [3.63, 3.8) is 0 Å². The summed E-state index contributed by atoms with van der Waals surface area (Å²) in [6.45, 7) is 0.527. The Kier molecular flexibility index (Phi) is 7.12. The molecule has 3 amide bonds. The summed E-state index contributed by atoms with van der Waals surface area (Å²) in [5, 5.41) is 5.41. The van der Waals surface area contributed by atoms with Gasteiger partial charge in [-0.3, -0.25) is 14.4 Å². The van der Waals surface area contributed by atoms with Crippen molar-refractivity contribution in [1.82, 2.24) is 5.32 Å². The molecule has 2 aliphatic rings. The van der Waals surface area contributed by atoms with Gasteiger partial charge in [-0.15, -0.1) is 0 Å². The van der Waals surface area contributed by atoms with Gasteiger partial charge in [-0.2, -0.15) is 0 Å². The van der Waals surface area contributed by atoms with Gasteiger partial charge in [0.1, 0.15) is 0 Å². The number of methoxy groups -OCH3 is 1. The predicted molar refractivity (Wildman–Crippen MR) is 125 cm³/mol. The molecule has 1 saturated carbocycles. The van der Waals surface area contributed by atoms with E-state index in [-0.39, 0.29) is 30.4 Å². The first-order valence-corrected chi connectivity index (χ1v) is 11.4. The van der Waals surface area contributed by atoms with E-state index in [1.165, 1.54) is 0 Å². The lowest BCUT2D eigenvalue weighted by molar-refractivity contribution is -0.117. The number of carbonyl (C=O) groups excluding carboxylic acids is 3. The lowest BCUT2D eigenvalue weighted by Crippen LogP contribution is -2.33. The van der Waals surface area contributed by atoms with Gasteiger partial charge >= 0.3 is 0 Å². The zero-order valence-electron chi connectivity index (χ0n) is 18.8. The van der Waals surface area contributed by atoms with Crippen molar-refractivity contribution in [1.29, 1.82) is 0 Å². The molecule has 174 valence electrons. The Balaban J connectivity index is 1.30. The number of nitrogens with one attached hydrogen (secondary N) is 2. The second-order valence-electron chi connectivity index (χ2n) is 8.32. The van der Waals surface area contributed by atoms with Crippen LogP contribution in [-0.2, 0) is 9.59 Å². The first-order chi connectivity index (χ1) is 16.0. The smallest absolute Gasteiger partial charge is 0.251 e. The van der Waals surface area contributed by atoms with Crippen molar-refractivity contribution in [2.75, 3.05) is 30.4 Å². The Bertz CT molecular complexity index is 1020. The van der Waals surface area contributed by atoms with Crippen LogP contribution in [0.15, 0.2) is 42.5 Å². The summed E-state index contributed by atoms with van der Waals surface area (Å²) in [5.41, 5.74) is 1.78. The van der Waals surface area contributed by atoms with Crippen LogP contribution in [0.3, 0.4) is 0 Å². The Labute approximate surface area is 193 Å². The molecule has 0 bridgehead atoms. The number of anilines is 2. The first-order valence-electron chi connectivity index (χ1n) is 11.4. The maximum absolute atomic E-state index is 12.4. The Morgan fingerprint density at radius 1 is 1.03 bits per heavy atom. The van der Waals surface area contributed by atoms with Gasteiger partial charge in [0, 0.05) is 36.0 Å². The number of hydrogen-bond acceptors (Lipinski definition) is 5. The molecular weight excluding hydrogens is 422 g/mol. The van der Waals surface area contributed by atoms with Gasteiger partial charge < -0.3 is 25.0 Å². The van der Waals surface area contributed by atoms with Crippen LogP contribution in [0.5, 0.6) is 11.5 Å². The molecular formula is C25H29N3O5. The van der Waals surface area contributed by atoms with E-state index in [1.54, 1.807) is 54.5 Å². The van der Waals surface area contributed by atoms with Crippen LogP contribution in [0, 0.1) is 0 Å². The summed E-state index contributed by atoms with van der Waals surface area (Å²) in [5.74, 6) is 0.610. The Morgan fingerprint density at radius 2 is 1.79 bits per heavy atom. The van der Waals surface area contributed by atoms with E-state index in [0.29, 0.717) is 35.7 Å². The van der Waals surface area contributed by atoms with Crippen molar-refractivity contribution in [3.05, 3.63) is 48.0 Å². The van der Waals surface area contributed by atoms with Crippen LogP contribution in [0.4, 0.5) is 11.4 Å². The van der Waals surface area contributed by atoms with E-state index in [1.807, 2.05) is 0 Å². The fourth-order valence-electron chi connectivity index (χ4n) is 4.21. The fourth-order valence-corrected chi connectivity index (χ4v) is 4.21. The van der Waals surface area contributed by atoms with E-state index in [2.05, 4.69) is 10.6 Å². The number of carbonyl (C=O) groups is 3. The predicted octanol–water partition coefficient (Wildman–Crippen LogP) is 3.51. The number of nitrogens with zero attached hydrogens (tertiary/aromatic N) is 1.